The lowest BCUT2D eigenvalue weighted by molar-refractivity contribution is -0.258. The second kappa shape index (κ2) is 6.56. The molecule has 0 aromatic heterocycles. The Balaban J connectivity index is 2.77. The summed E-state index contributed by atoms with van der Waals surface area (Å²) >= 11 is 0. The van der Waals surface area contributed by atoms with Gasteiger partial charge in [0.2, 0.25) is 0 Å². The van der Waals surface area contributed by atoms with Crippen molar-refractivity contribution in [3.8, 4) is 0 Å². The second-order valence-corrected chi connectivity index (χ2v) is 6.09. The Morgan fingerprint density at radius 3 is 2.10 bits per heavy atom. The molecule has 0 bridgehead atoms. The van der Waals surface area contributed by atoms with E-state index in [4.69, 9.17) is 0 Å². The molecule has 0 aliphatic rings. The van der Waals surface area contributed by atoms with Crippen LogP contribution in [0.2, 0.25) is 0 Å². The highest BCUT2D eigenvalue weighted by atomic mass is 19.4. The zero-order valence-corrected chi connectivity index (χ0v) is 12.5. The molecule has 0 fully saturated rings. The molecule has 3 nitrogen and oxygen atoms in total. The number of alkyl halides is 3. The first-order chi connectivity index (χ1) is 9.54. The lowest BCUT2D eigenvalue weighted by Gasteiger charge is -2.29. The maximum atomic E-state index is 13.1. The van der Waals surface area contributed by atoms with E-state index in [1.54, 1.807) is 51.1 Å². The normalized spacial score (nSPS) is 16.1. The Hall–Kier alpha value is -1.43. The Kier molecular flexibility index (Phi) is 5.50. The number of rotatable bonds is 5. The molecule has 118 valence electrons. The van der Waals surface area contributed by atoms with Gasteiger partial charge in [-0.15, -0.1) is 0 Å². The van der Waals surface area contributed by atoms with Crippen LogP contribution in [0.4, 0.5) is 13.2 Å². The molecule has 0 saturated carbocycles. The van der Waals surface area contributed by atoms with Crippen molar-refractivity contribution < 1.29 is 18.3 Å². The van der Waals surface area contributed by atoms with Gasteiger partial charge in [0.15, 0.2) is 5.60 Å². The number of halogens is 3. The van der Waals surface area contributed by atoms with Crippen molar-refractivity contribution in [1.29, 1.82) is 0 Å². The average molecular weight is 302 g/mol. The van der Waals surface area contributed by atoms with E-state index in [2.05, 4.69) is 10.2 Å². The number of hydrogen-bond donors (Lipinski definition) is 1. The topological polar surface area (TPSA) is 45.0 Å². The molecule has 0 saturated heterocycles. The minimum Gasteiger partial charge on any atom is -0.379 e. The van der Waals surface area contributed by atoms with E-state index in [1.165, 1.54) is 0 Å². The third-order valence-electron chi connectivity index (χ3n) is 2.90. The van der Waals surface area contributed by atoms with Gasteiger partial charge in [-0.05, 0) is 39.2 Å². The van der Waals surface area contributed by atoms with Crippen LogP contribution in [0, 0.1) is 0 Å². The SMILES string of the molecule is CC(C)(C)N=NCC(O)(CCc1ccccc1)C(F)(F)F. The van der Waals surface area contributed by atoms with Gasteiger partial charge in [-0.25, -0.2) is 0 Å². The van der Waals surface area contributed by atoms with E-state index >= 15 is 0 Å². The smallest absolute Gasteiger partial charge is 0.379 e. The number of aryl methyl sites for hydroxylation is 1. The van der Waals surface area contributed by atoms with Crippen LogP contribution >= 0.6 is 0 Å². The molecule has 1 N–H and O–H groups in total. The van der Waals surface area contributed by atoms with Crippen LogP contribution < -0.4 is 0 Å². The van der Waals surface area contributed by atoms with Gasteiger partial charge in [-0.2, -0.15) is 23.4 Å². The van der Waals surface area contributed by atoms with Crippen molar-refractivity contribution in [3.63, 3.8) is 0 Å². The summed E-state index contributed by atoms with van der Waals surface area (Å²) in [5, 5.41) is 17.3. The Morgan fingerprint density at radius 2 is 1.62 bits per heavy atom. The maximum Gasteiger partial charge on any atom is 0.419 e. The zero-order valence-electron chi connectivity index (χ0n) is 12.5. The highest BCUT2D eigenvalue weighted by molar-refractivity contribution is 5.15. The first-order valence-corrected chi connectivity index (χ1v) is 6.75. The van der Waals surface area contributed by atoms with Crippen LogP contribution in [0.1, 0.15) is 32.8 Å². The standard InChI is InChI=1S/C15H21F3N2O/c1-13(2,3)20-19-11-14(21,15(16,17)18)10-9-12-7-5-4-6-8-12/h4-8,21H,9-11H2,1-3H3. The molecule has 1 aromatic carbocycles. The second-order valence-electron chi connectivity index (χ2n) is 6.09. The van der Waals surface area contributed by atoms with Gasteiger partial charge in [0.05, 0.1) is 12.1 Å². The molecule has 1 unspecified atom stereocenters. The molecule has 1 rings (SSSR count). The van der Waals surface area contributed by atoms with E-state index in [0.29, 0.717) is 0 Å². The number of aliphatic hydroxyl groups is 1. The van der Waals surface area contributed by atoms with E-state index in [0.717, 1.165) is 5.56 Å². The fourth-order valence-electron chi connectivity index (χ4n) is 1.67. The summed E-state index contributed by atoms with van der Waals surface area (Å²) in [6, 6.07) is 8.75. The van der Waals surface area contributed by atoms with Gasteiger partial charge in [0.25, 0.3) is 0 Å². The van der Waals surface area contributed by atoms with Crippen LogP contribution in [-0.4, -0.2) is 29.0 Å². The molecule has 1 aromatic rings. The molecule has 0 aliphatic heterocycles. The summed E-state index contributed by atoms with van der Waals surface area (Å²) in [5.74, 6) is 0. The monoisotopic (exact) mass is 302 g/mol. The zero-order chi connectivity index (χ0) is 16.1. The molecular weight excluding hydrogens is 281 g/mol. The molecule has 0 aliphatic carbocycles. The van der Waals surface area contributed by atoms with Crippen molar-refractivity contribution in [1.82, 2.24) is 0 Å². The molecule has 1 atom stereocenters. The molecule has 0 heterocycles. The predicted molar refractivity (Wildman–Crippen MR) is 75.2 cm³/mol. The lowest BCUT2D eigenvalue weighted by atomic mass is 9.94. The number of benzene rings is 1. The Labute approximate surface area is 122 Å². The fraction of sp³-hybridized carbons (Fsp3) is 0.600. The van der Waals surface area contributed by atoms with Gasteiger partial charge in [-0.3, -0.25) is 0 Å². The van der Waals surface area contributed by atoms with Gasteiger partial charge < -0.3 is 5.11 Å². The summed E-state index contributed by atoms with van der Waals surface area (Å²) in [6.45, 7) is 4.41. The highest BCUT2D eigenvalue weighted by Gasteiger charge is 2.53. The van der Waals surface area contributed by atoms with Gasteiger partial charge >= 0.3 is 6.18 Å². The highest BCUT2D eigenvalue weighted by Crippen LogP contribution is 2.34. The summed E-state index contributed by atoms with van der Waals surface area (Å²) in [7, 11) is 0. The van der Waals surface area contributed by atoms with Crippen LogP contribution in [0.5, 0.6) is 0 Å². The molecular formula is C15H21F3N2O. The quantitative estimate of drug-likeness (QED) is 0.815. The first-order valence-electron chi connectivity index (χ1n) is 6.75. The van der Waals surface area contributed by atoms with Gasteiger partial charge in [-0.1, -0.05) is 30.3 Å². The minimum atomic E-state index is -4.74. The van der Waals surface area contributed by atoms with E-state index < -0.39 is 30.3 Å². The van der Waals surface area contributed by atoms with E-state index in [1.807, 2.05) is 0 Å². The number of nitrogens with zero attached hydrogens (tertiary/aromatic N) is 2. The Bertz CT molecular complexity index is 466. The molecule has 6 heteroatoms. The van der Waals surface area contributed by atoms with Crippen LogP contribution in [0.25, 0.3) is 0 Å². The van der Waals surface area contributed by atoms with Crippen LogP contribution in [-0.2, 0) is 6.42 Å². The first kappa shape index (κ1) is 17.6. The van der Waals surface area contributed by atoms with E-state index in [-0.39, 0.29) is 6.42 Å². The molecule has 21 heavy (non-hydrogen) atoms. The minimum absolute atomic E-state index is 0.127. The number of azo groups is 1. The van der Waals surface area contributed by atoms with Crippen LogP contribution in [0.15, 0.2) is 40.6 Å². The van der Waals surface area contributed by atoms with Gasteiger partial charge in [0, 0.05) is 0 Å². The number of hydrogen-bond acceptors (Lipinski definition) is 3. The van der Waals surface area contributed by atoms with Crippen molar-refractivity contribution in [2.75, 3.05) is 6.54 Å². The predicted octanol–water partition coefficient (Wildman–Crippen LogP) is 4.16. The average Bonchev–Trinajstić information content (AvgIpc) is 2.35. The lowest BCUT2D eigenvalue weighted by Crippen LogP contribution is -2.48. The third kappa shape index (κ3) is 5.83. The fourth-order valence-corrected chi connectivity index (χ4v) is 1.67. The van der Waals surface area contributed by atoms with Crippen molar-refractivity contribution in [2.45, 2.75) is 50.9 Å². The van der Waals surface area contributed by atoms with E-state index in [9.17, 15) is 18.3 Å². The van der Waals surface area contributed by atoms with Crippen molar-refractivity contribution >= 4 is 0 Å². The molecule has 0 radical (unpaired) electrons. The van der Waals surface area contributed by atoms with Crippen molar-refractivity contribution in [2.24, 2.45) is 10.2 Å². The Morgan fingerprint density at radius 1 is 1.05 bits per heavy atom. The summed E-state index contributed by atoms with van der Waals surface area (Å²) < 4.78 is 39.2. The maximum absolute atomic E-state index is 13.1. The van der Waals surface area contributed by atoms with Crippen LogP contribution in [0.3, 0.4) is 0 Å². The third-order valence-corrected chi connectivity index (χ3v) is 2.90. The largest absolute Gasteiger partial charge is 0.419 e. The molecule has 0 amide bonds. The summed E-state index contributed by atoms with van der Waals surface area (Å²) in [4.78, 5) is 0. The van der Waals surface area contributed by atoms with Crippen molar-refractivity contribution in [3.05, 3.63) is 35.9 Å². The molecule has 0 spiro atoms. The van der Waals surface area contributed by atoms with Gasteiger partial charge in [0.1, 0.15) is 0 Å². The summed E-state index contributed by atoms with van der Waals surface area (Å²) in [6.07, 6.45) is -5.05. The summed E-state index contributed by atoms with van der Waals surface area (Å²) in [5.41, 5.74) is -2.67.